The van der Waals surface area contributed by atoms with Gasteiger partial charge in [-0.25, -0.2) is 0 Å². The number of likely N-dealkylation sites (tertiary alicyclic amines) is 1. The molecule has 120 valence electrons. The van der Waals surface area contributed by atoms with Gasteiger partial charge in [-0.1, -0.05) is 0 Å². The lowest BCUT2D eigenvalue weighted by molar-refractivity contribution is 0.0619. The molecule has 0 unspecified atom stereocenters. The molecule has 23 heavy (non-hydrogen) atoms. The molecule has 1 saturated heterocycles. The summed E-state index contributed by atoms with van der Waals surface area (Å²) < 4.78 is 5.69. The zero-order valence-corrected chi connectivity index (χ0v) is 13.2. The van der Waals surface area contributed by atoms with Crippen molar-refractivity contribution >= 4 is 5.91 Å². The van der Waals surface area contributed by atoms with Gasteiger partial charge in [-0.05, 0) is 56.2 Å². The second kappa shape index (κ2) is 6.79. The Balaban J connectivity index is 1.68. The van der Waals surface area contributed by atoms with Gasteiger partial charge in [0.25, 0.3) is 5.91 Å². The maximum atomic E-state index is 12.6. The SMILES string of the molecule is C[C@@H]1C[C@H](N)CCN1C(=O)c1ccc(Oc2cccnc2)cc1. The van der Waals surface area contributed by atoms with Crippen LogP contribution in [0.5, 0.6) is 11.5 Å². The number of rotatable bonds is 3. The molecule has 0 bridgehead atoms. The van der Waals surface area contributed by atoms with Crippen molar-refractivity contribution in [3.63, 3.8) is 0 Å². The molecule has 2 heterocycles. The van der Waals surface area contributed by atoms with Gasteiger partial charge in [0.05, 0.1) is 6.20 Å². The first-order valence-electron chi connectivity index (χ1n) is 7.88. The molecule has 0 radical (unpaired) electrons. The van der Waals surface area contributed by atoms with Crippen molar-refractivity contribution in [2.24, 2.45) is 5.73 Å². The lowest BCUT2D eigenvalue weighted by Gasteiger charge is -2.36. The predicted octanol–water partition coefficient (Wildman–Crippen LogP) is 2.83. The van der Waals surface area contributed by atoms with E-state index < -0.39 is 0 Å². The highest BCUT2D eigenvalue weighted by atomic mass is 16.5. The van der Waals surface area contributed by atoms with Crippen LogP contribution in [0.15, 0.2) is 48.8 Å². The lowest BCUT2D eigenvalue weighted by Crippen LogP contribution is -2.48. The number of aromatic nitrogens is 1. The van der Waals surface area contributed by atoms with Crippen LogP contribution < -0.4 is 10.5 Å². The molecule has 5 nitrogen and oxygen atoms in total. The van der Waals surface area contributed by atoms with Crippen LogP contribution >= 0.6 is 0 Å². The van der Waals surface area contributed by atoms with Gasteiger partial charge < -0.3 is 15.4 Å². The Hall–Kier alpha value is -2.40. The molecule has 1 aromatic carbocycles. The van der Waals surface area contributed by atoms with Gasteiger partial charge in [0.2, 0.25) is 0 Å². The molecule has 3 rings (SSSR count). The van der Waals surface area contributed by atoms with E-state index in [1.54, 1.807) is 36.7 Å². The summed E-state index contributed by atoms with van der Waals surface area (Å²) >= 11 is 0. The van der Waals surface area contributed by atoms with Crippen molar-refractivity contribution in [2.75, 3.05) is 6.54 Å². The van der Waals surface area contributed by atoms with E-state index in [0.717, 1.165) is 19.4 Å². The second-order valence-corrected chi connectivity index (χ2v) is 5.95. The van der Waals surface area contributed by atoms with Gasteiger partial charge in [-0.2, -0.15) is 0 Å². The third-order valence-corrected chi connectivity index (χ3v) is 4.15. The largest absolute Gasteiger partial charge is 0.456 e. The second-order valence-electron chi connectivity index (χ2n) is 5.95. The molecule has 1 aliphatic heterocycles. The first-order chi connectivity index (χ1) is 11.1. The number of hydrogen-bond acceptors (Lipinski definition) is 4. The van der Waals surface area contributed by atoms with Crippen molar-refractivity contribution in [3.8, 4) is 11.5 Å². The normalized spacial score (nSPS) is 21.0. The maximum absolute atomic E-state index is 12.6. The van der Waals surface area contributed by atoms with Crippen LogP contribution in [0.3, 0.4) is 0 Å². The smallest absolute Gasteiger partial charge is 0.254 e. The lowest BCUT2D eigenvalue weighted by atomic mass is 9.98. The first-order valence-corrected chi connectivity index (χ1v) is 7.88. The first kappa shape index (κ1) is 15.5. The highest BCUT2D eigenvalue weighted by Gasteiger charge is 2.27. The fourth-order valence-electron chi connectivity index (χ4n) is 2.89. The van der Waals surface area contributed by atoms with Gasteiger partial charge in [0.15, 0.2) is 0 Å². The Bertz CT molecular complexity index is 658. The van der Waals surface area contributed by atoms with Gasteiger partial charge in [-0.3, -0.25) is 9.78 Å². The van der Waals surface area contributed by atoms with E-state index in [0.29, 0.717) is 17.1 Å². The van der Waals surface area contributed by atoms with Crippen LogP contribution in [-0.2, 0) is 0 Å². The maximum Gasteiger partial charge on any atom is 0.254 e. The highest BCUT2D eigenvalue weighted by molar-refractivity contribution is 5.94. The number of amides is 1. The molecule has 2 atom stereocenters. The number of pyridine rings is 1. The van der Waals surface area contributed by atoms with Crippen LogP contribution in [0.25, 0.3) is 0 Å². The number of nitrogens with two attached hydrogens (primary N) is 1. The Morgan fingerprint density at radius 3 is 2.70 bits per heavy atom. The Morgan fingerprint density at radius 1 is 1.26 bits per heavy atom. The molecule has 1 amide bonds. The van der Waals surface area contributed by atoms with Crippen LogP contribution in [0.2, 0.25) is 0 Å². The summed E-state index contributed by atoms with van der Waals surface area (Å²) in [4.78, 5) is 18.5. The van der Waals surface area contributed by atoms with Crippen molar-refractivity contribution in [1.29, 1.82) is 0 Å². The molecule has 1 aromatic heterocycles. The average Bonchev–Trinajstić information content (AvgIpc) is 2.56. The van der Waals surface area contributed by atoms with E-state index in [-0.39, 0.29) is 18.0 Å². The van der Waals surface area contributed by atoms with Gasteiger partial charge in [0.1, 0.15) is 11.5 Å². The van der Waals surface area contributed by atoms with E-state index in [9.17, 15) is 4.79 Å². The third-order valence-electron chi connectivity index (χ3n) is 4.15. The molecule has 1 aliphatic rings. The average molecular weight is 311 g/mol. The molecule has 0 saturated carbocycles. The summed E-state index contributed by atoms with van der Waals surface area (Å²) in [5, 5.41) is 0. The van der Waals surface area contributed by atoms with Crippen LogP contribution in [0.4, 0.5) is 0 Å². The summed E-state index contributed by atoms with van der Waals surface area (Å²) in [5.41, 5.74) is 6.63. The number of hydrogen-bond donors (Lipinski definition) is 1. The Morgan fingerprint density at radius 2 is 2.04 bits per heavy atom. The number of benzene rings is 1. The van der Waals surface area contributed by atoms with Crippen LogP contribution in [0.1, 0.15) is 30.1 Å². The summed E-state index contributed by atoms with van der Waals surface area (Å²) in [6.07, 6.45) is 5.06. The Labute approximate surface area is 136 Å². The van der Waals surface area contributed by atoms with E-state index in [4.69, 9.17) is 10.5 Å². The van der Waals surface area contributed by atoms with E-state index in [2.05, 4.69) is 11.9 Å². The van der Waals surface area contributed by atoms with Crippen molar-refractivity contribution in [2.45, 2.75) is 31.8 Å². The standard InChI is InChI=1S/C18H21N3O2/c1-13-11-15(19)8-10-21(13)18(22)14-4-6-16(7-5-14)23-17-3-2-9-20-12-17/h2-7,9,12-13,15H,8,10-11,19H2,1H3/t13-,15-/m1/s1. The van der Waals surface area contributed by atoms with Gasteiger partial charge in [-0.15, -0.1) is 0 Å². The summed E-state index contributed by atoms with van der Waals surface area (Å²) in [6, 6.07) is 11.2. The molecule has 1 fully saturated rings. The van der Waals surface area contributed by atoms with Crippen LogP contribution in [0, 0.1) is 0 Å². The minimum absolute atomic E-state index is 0.0531. The molecule has 2 N–H and O–H groups in total. The number of piperidine rings is 1. The topological polar surface area (TPSA) is 68.5 Å². The molecule has 0 spiro atoms. The van der Waals surface area contributed by atoms with E-state index in [1.165, 1.54) is 0 Å². The van der Waals surface area contributed by atoms with Gasteiger partial charge >= 0.3 is 0 Å². The fraction of sp³-hybridized carbons (Fsp3) is 0.333. The van der Waals surface area contributed by atoms with E-state index >= 15 is 0 Å². The summed E-state index contributed by atoms with van der Waals surface area (Å²) in [6.45, 7) is 2.77. The zero-order valence-electron chi connectivity index (χ0n) is 13.2. The quantitative estimate of drug-likeness (QED) is 0.946. The number of nitrogens with zero attached hydrogens (tertiary/aromatic N) is 2. The monoisotopic (exact) mass is 311 g/mol. The minimum Gasteiger partial charge on any atom is -0.456 e. The Kier molecular flexibility index (Phi) is 4.57. The summed E-state index contributed by atoms with van der Waals surface area (Å²) in [5.74, 6) is 1.41. The molecular weight excluding hydrogens is 290 g/mol. The highest BCUT2D eigenvalue weighted by Crippen LogP contribution is 2.23. The zero-order chi connectivity index (χ0) is 16.2. The van der Waals surface area contributed by atoms with Crippen molar-refractivity contribution in [1.82, 2.24) is 9.88 Å². The minimum atomic E-state index is 0.0531. The van der Waals surface area contributed by atoms with Gasteiger partial charge in [0, 0.05) is 30.4 Å². The van der Waals surface area contributed by atoms with Crippen LogP contribution in [-0.4, -0.2) is 34.4 Å². The fourth-order valence-corrected chi connectivity index (χ4v) is 2.89. The number of carbonyl (C=O) groups excluding carboxylic acids is 1. The van der Waals surface area contributed by atoms with Crippen molar-refractivity contribution < 1.29 is 9.53 Å². The molecule has 5 heteroatoms. The van der Waals surface area contributed by atoms with Crippen molar-refractivity contribution in [3.05, 3.63) is 54.4 Å². The molecular formula is C18H21N3O2. The third kappa shape index (κ3) is 3.68. The van der Waals surface area contributed by atoms with E-state index in [1.807, 2.05) is 17.0 Å². The molecule has 2 aromatic rings. The number of carbonyl (C=O) groups is 1. The predicted molar refractivity (Wildman–Crippen MR) is 88.5 cm³/mol. The molecule has 0 aliphatic carbocycles. The number of ether oxygens (including phenoxy) is 1. The summed E-state index contributed by atoms with van der Waals surface area (Å²) in [7, 11) is 0.